The molecule has 1 N–H and O–H groups in total. The molecule has 1 fully saturated rings. The van der Waals surface area contributed by atoms with E-state index >= 15 is 0 Å². The standard InChI is InChI=1S/C14H21N.C11H8F6O.C2H6/c1-12-8-10-14(15-2,11-9-12)13-6-4-3-5-7-13;1-6(5-18)7-2-8(10(12,13)14)4-9(3-7)11(15,16)17;1-2/h3-7,12,15H,8-11H2,1-2H3;2-6H,1H3;1-2H3. The molecule has 0 bridgehead atoms. The number of hydrogen-bond acceptors (Lipinski definition) is 2. The maximum absolute atomic E-state index is 12.4. The van der Waals surface area contributed by atoms with Crippen LogP contribution in [-0.2, 0) is 22.7 Å². The molecule has 0 aliphatic heterocycles. The summed E-state index contributed by atoms with van der Waals surface area (Å²) in [7, 11) is 2.10. The first-order chi connectivity index (χ1) is 16.3. The number of benzene rings is 2. The Balaban J connectivity index is 0.000000331. The third kappa shape index (κ3) is 8.67. The van der Waals surface area contributed by atoms with Crippen LogP contribution in [0.25, 0.3) is 0 Å². The van der Waals surface area contributed by atoms with Gasteiger partial charge in [-0.1, -0.05) is 58.0 Å². The highest BCUT2D eigenvalue weighted by Gasteiger charge is 2.37. The van der Waals surface area contributed by atoms with Crippen LogP contribution in [0.4, 0.5) is 26.3 Å². The highest BCUT2D eigenvalue weighted by Crippen LogP contribution is 2.39. The van der Waals surface area contributed by atoms with Crippen LogP contribution in [0.5, 0.6) is 0 Å². The molecule has 196 valence electrons. The van der Waals surface area contributed by atoms with Gasteiger partial charge in [0.15, 0.2) is 0 Å². The molecule has 2 aromatic rings. The maximum atomic E-state index is 12.4. The van der Waals surface area contributed by atoms with Crippen LogP contribution in [0.1, 0.15) is 81.5 Å². The van der Waals surface area contributed by atoms with Gasteiger partial charge in [-0.3, -0.25) is 0 Å². The van der Waals surface area contributed by atoms with E-state index in [-0.39, 0.29) is 23.5 Å². The van der Waals surface area contributed by atoms with E-state index in [1.54, 1.807) is 0 Å². The van der Waals surface area contributed by atoms with Crippen LogP contribution in [0, 0.1) is 5.92 Å². The normalized spacial score (nSPS) is 21.1. The third-order valence-corrected chi connectivity index (χ3v) is 6.27. The third-order valence-electron chi connectivity index (χ3n) is 6.27. The molecule has 0 heterocycles. The maximum Gasteiger partial charge on any atom is 0.416 e. The average Bonchev–Trinajstić information content (AvgIpc) is 2.85. The van der Waals surface area contributed by atoms with Crippen LogP contribution in [-0.4, -0.2) is 13.3 Å². The van der Waals surface area contributed by atoms with Crippen LogP contribution >= 0.6 is 0 Å². The molecule has 1 saturated carbocycles. The first-order valence-corrected chi connectivity index (χ1v) is 11.8. The van der Waals surface area contributed by atoms with Gasteiger partial charge in [0.2, 0.25) is 0 Å². The number of halogens is 6. The monoisotopic (exact) mass is 503 g/mol. The summed E-state index contributed by atoms with van der Waals surface area (Å²) in [6.07, 6.45) is -4.26. The van der Waals surface area contributed by atoms with E-state index in [9.17, 15) is 31.1 Å². The van der Waals surface area contributed by atoms with Gasteiger partial charge in [0.1, 0.15) is 6.29 Å². The summed E-state index contributed by atoms with van der Waals surface area (Å²) in [6.45, 7) is 7.59. The van der Waals surface area contributed by atoms with Gasteiger partial charge in [-0.05, 0) is 68.0 Å². The molecule has 1 atom stereocenters. The highest BCUT2D eigenvalue weighted by molar-refractivity contribution is 5.62. The van der Waals surface area contributed by atoms with Gasteiger partial charge in [0.05, 0.1) is 11.1 Å². The molecule has 3 rings (SSSR count). The van der Waals surface area contributed by atoms with E-state index < -0.39 is 29.4 Å². The molecular weight excluding hydrogens is 468 g/mol. The fraction of sp³-hybridized carbons (Fsp3) is 0.519. The van der Waals surface area contributed by atoms with Gasteiger partial charge in [0, 0.05) is 11.5 Å². The lowest BCUT2D eigenvalue weighted by Gasteiger charge is -2.40. The number of carbonyl (C=O) groups excluding carboxylic acids is 1. The average molecular weight is 504 g/mol. The largest absolute Gasteiger partial charge is 0.416 e. The van der Waals surface area contributed by atoms with Crippen molar-refractivity contribution in [2.75, 3.05) is 7.05 Å². The Kier molecular flexibility index (Phi) is 11.5. The lowest BCUT2D eigenvalue weighted by molar-refractivity contribution is -0.143. The van der Waals surface area contributed by atoms with Crippen molar-refractivity contribution in [3.63, 3.8) is 0 Å². The van der Waals surface area contributed by atoms with E-state index in [0.29, 0.717) is 12.1 Å². The second-order valence-electron chi connectivity index (χ2n) is 8.64. The van der Waals surface area contributed by atoms with Crippen molar-refractivity contribution in [2.24, 2.45) is 5.92 Å². The van der Waals surface area contributed by atoms with Crippen LogP contribution in [0.3, 0.4) is 0 Å². The zero-order valence-corrected chi connectivity index (χ0v) is 20.9. The molecule has 35 heavy (non-hydrogen) atoms. The fourth-order valence-corrected chi connectivity index (χ4v) is 4.02. The molecular formula is C27H35F6NO. The first kappa shape index (κ1) is 30.7. The molecule has 2 nitrogen and oxygen atoms in total. The van der Waals surface area contributed by atoms with Crippen LogP contribution < -0.4 is 5.32 Å². The van der Waals surface area contributed by atoms with Crippen molar-refractivity contribution in [1.82, 2.24) is 5.32 Å². The summed E-state index contributed by atoms with van der Waals surface area (Å²) in [5, 5.41) is 3.55. The summed E-state index contributed by atoms with van der Waals surface area (Å²) in [5.41, 5.74) is -1.44. The minimum Gasteiger partial charge on any atom is -0.310 e. The molecule has 0 amide bonds. The molecule has 0 aromatic heterocycles. The highest BCUT2D eigenvalue weighted by atomic mass is 19.4. The fourth-order valence-electron chi connectivity index (χ4n) is 4.02. The Morgan fingerprint density at radius 2 is 1.37 bits per heavy atom. The van der Waals surface area contributed by atoms with Crippen LogP contribution in [0.15, 0.2) is 48.5 Å². The van der Waals surface area contributed by atoms with E-state index in [1.807, 2.05) is 13.8 Å². The smallest absolute Gasteiger partial charge is 0.310 e. The van der Waals surface area contributed by atoms with Crippen molar-refractivity contribution in [3.05, 3.63) is 70.8 Å². The molecule has 2 aromatic carbocycles. The Bertz CT molecular complexity index is 868. The SMILES string of the molecule is CC.CC(C=O)c1cc(C(F)(F)F)cc(C(F)(F)F)c1.CNC1(c2ccccc2)CCC(C)CC1. The quantitative estimate of drug-likeness (QED) is 0.335. The number of hydrogen-bond donors (Lipinski definition) is 1. The first-order valence-electron chi connectivity index (χ1n) is 11.8. The van der Waals surface area contributed by atoms with E-state index in [1.165, 1.54) is 38.2 Å². The second kappa shape index (κ2) is 13.1. The summed E-state index contributed by atoms with van der Waals surface area (Å²) in [5.74, 6) is -0.136. The lowest BCUT2D eigenvalue weighted by Crippen LogP contribution is -2.42. The second-order valence-corrected chi connectivity index (χ2v) is 8.64. The molecule has 0 saturated heterocycles. The Morgan fingerprint density at radius 1 is 0.914 bits per heavy atom. The number of nitrogens with one attached hydrogen (secondary N) is 1. The van der Waals surface area contributed by atoms with E-state index in [4.69, 9.17) is 0 Å². The van der Waals surface area contributed by atoms with Gasteiger partial charge < -0.3 is 10.1 Å². The minimum absolute atomic E-state index is 0.0288. The number of rotatable bonds is 4. The summed E-state index contributed by atoms with van der Waals surface area (Å²) in [6, 6.07) is 12.0. The molecule has 0 radical (unpaired) electrons. The topological polar surface area (TPSA) is 29.1 Å². The van der Waals surface area contributed by atoms with Crippen molar-refractivity contribution in [3.8, 4) is 0 Å². The lowest BCUT2D eigenvalue weighted by atomic mass is 9.73. The van der Waals surface area contributed by atoms with Crippen molar-refractivity contribution < 1.29 is 31.1 Å². The van der Waals surface area contributed by atoms with Gasteiger partial charge in [0.25, 0.3) is 0 Å². The van der Waals surface area contributed by atoms with Crippen molar-refractivity contribution >= 4 is 6.29 Å². The summed E-state index contributed by atoms with van der Waals surface area (Å²) < 4.78 is 74.7. The Hall–Kier alpha value is -2.35. The van der Waals surface area contributed by atoms with Crippen LogP contribution in [0.2, 0.25) is 0 Å². The number of alkyl halides is 6. The molecule has 1 aliphatic carbocycles. The van der Waals surface area contributed by atoms with Gasteiger partial charge >= 0.3 is 12.4 Å². The number of aldehydes is 1. The Labute approximate surface area is 204 Å². The van der Waals surface area contributed by atoms with Gasteiger partial charge in [-0.2, -0.15) is 26.3 Å². The zero-order valence-electron chi connectivity index (χ0n) is 20.9. The van der Waals surface area contributed by atoms with Crippen molar-refractivity contribution in [1.29, 1.82) is 0 Å². The zero-order chi connectivity index (χ0) is 26.9. The molecule has 1 unspecified atom stereocenters. The van der Waals surface area contributed by atoms with Gasteiger partial charge in [-0.15, -0.1) is 0 Å². The van der Waals surface area contributed by atoms with Crippen molar-refractivity contribution in [2.45, 2.75) is 77.2 Å². The minimum atomic E-state index is -4.89. The van der Waals surface area contributed by atoms with E-state index in [0.717, 1.165) is 5.92 Å². The molecule has 8 heteroatoms. The Morgan fingerprint density at radius 3 is 1.74 bits per heavy atom. The number of carbonyl (C=O) groups is 1. The predicted octanol–water partition coefficient (Wildman–Crippen LogP) is 8.36. The molecule has 0 spiro atoms. The summed E-state index contributed by atoms with van der Waals surface area (Å²) >= 11 is 0. The molecule has 1 aliphatic rings. The summed E-state index contributed by atoms with van der Waals surface area (Å²) in [4.78, 5) is 10.5. The van der Waals surface area contributed by atoms with Gasteiger partial charge in [-0.25, -0.2) is 0 Å². The van der Waals surface area contributed by atoms with E-state index in [2.05, 4.69) is 49.6 Å². The predicted molar refractivity (Wildman–Crippen MR) is 127 cm³/mol.